The van der Waals surface area contributed by atoms with Crippen LogP contribution in [0.1, 0.15) is 21.7 Å². The van der Waals surface area contributed by atoms with Crippen molar-refractivity contribution in [1.29, 1.82) is 0 Å². The molecule has 1 fully saturated rings. The Kier molecular flexibility index (Phi) is 3.27. The van der Waals surface area contributed by atoms with Gasteiger partial charge in [-0.05, 0) is 30.4 Å². The SMILES string of the molecule is Cc1csc(C(=O)N2CC[C@@H](S(C)(=O)=O)C2)c1. The van der Waals surface area contributed by atoms with Crippen LogP contribution in [0.5, 0.6) is 0 Å². The molecule has 1 aliphatic rings. The van der Waals surface area contributed by atoms with Crippen LogP contribution >= 0.6 is 11.3 Å². The van der Waals surface area contributed by atoms with Crippen molar-refractivity contribution in [2.45, 2.75) is 18.6 Å². The maximum atomic E-state index is 12.1. The second-order valence-electron chi connectivity index (χ2n) is 4.48. The third kappa shape index (κ3) is 2.69. The Balaban J connectivity index is 2.09. The number of carbonyl (C=O) groups excluding carboxylic acids is 1. The molecule has 0 unspecified atom stereocenters. The van der Waals surface area contributed by atoms with Gasteiger partial charge in [0.1, 0.15) is 0 Å². The molecule has 0 spiro atoms. The minimum Gasteiger partial charge on any atom is -0.337 e. The molecular weight excluding hydrogens is 258 g/mol. The predicted molar refractivity (Wildman–Crippen MR) is 68.2 cm³/mol. The number of nitrogens with zero attached hydrogens (tertiary/aromatic N) is 1. The highest BCUT2D eigenvalue weighted by molar-refractivity contribution is 7.91. The van der Waals surface area contributed by atoms with E-state index in [4.69, 9.17) is 0 Å². The molecule has 2 rings (SSSR count). The number of sulfone groups is 1. The molecule has 0 bridgehead atoms. The van der Waals surface area contributed by atoms with E-state index in [9.17, 15) is 13.2 Å². The van der Waals surface area contributed by atoms with E-state index < -0.39 is 15.1 Å². The van der Waals surface area contributed by atoms with Gasteiger partial charge in [0.25, 0.3) is 5.91 Å². The minimum absolute atomic E-state index is 0.0470. The monoisotopic (exact) mass is 273 g/mol. The minimum atomic E-state index is -3.04. The first-order valence-electron chi connectivity index (χ1n) is 5.41. The summed E-state index contributed by atoms with van der Waals surface area (Å²) >= 11 is 1.41. The molecule has 17 heavy (non-hydrogen) atoms. The first-order valence-corrected chi connectivity index (χ1v) is 8.24. The smallest absolute Gasteiger partial charge is 0.263 e. The lowest BCUT2D eigenvalue weighted by Gasteiger charge is -2.14. The highest BCUT2D eigenvalue weighted by Gasteiger charge is 2.33. The second kappa shape index (κ2) is 4.42. The number of hydrogen-bond donors (Lipinski definition) is 0. The molecule has 1 aromatic rings. The van der Waals surface area contributed by atoms with Crippen LogP contribution < -0.4 is 0 Å². The zero-order chi connectivity index (χ0) is 12.6. The molecule has 2 heterocycles. The summed E-state index contributed by atoms with van der Waals surface area (Å²) in [6.07, 6.45) is 1.79. The summed E-state index contributed by atoms with van der Waals surface area (Å²) in [7, 11) is -3.04. The van der Waals surface area contributed by atoms with Crippen molar-refractivity contribution >= 4 is 27.1 Å². The number of aryl methyl sites for hydroxylation is 1. The number of rotatable bonds is 2. The van der Waals surface area contributed by atoms with Gasteiger partial charge in [0.15, 0.2) is 9.84 Å². The first-order chi connectivity index (χ1) is 7.88. The van der Waals surface area contributed by atoms with Crippen molar-refractivity contribution in [2.24, 2.45) is 0 Å². The van der Waals surface area contributed by atoms with E-state index in [-0.39, 0.29) is 5.91 Å². The lowest BCUT2D eigenvalue weighted by Crippen LogP contribution is -2.31. The number of carbonyl (C=O) groups is 1. The average Bonchev–Trinajstić information content (AvgIpc) is 2.83. The van der Waals surface area contributed by atoms with Crippen LogP contribution in [0.4, 0.5) is 0 Å². The van der Waals surface area contributed by atoms with E-state index in [1.807, 2.05) is 18.4 Å². The average molecular weight is 273 g/mol. The summed E-state index contributed by atoms with van der Waals surface area (Å²) in [5, 5.41) is 1.53. The standard InChI is InChI=1S/C11H15NO3S2/c1-8-5-10(16-7-8)11(13)12-4-3-9(6-12)17(2,14)15/h5,7,9H,3-4,6H2,1-2H3/t9-/m1/s1. The summed E-state index contributed by atoms with van der Waals surface area (Å²) in [4.78, 5) is 14.4. The van der Waals surface area contributed by atoms with Crippen LogP contribution in [0.25, 0.3) is 0 Å². The largest absolute Gasteiger partial charge is 0.337 e. The molecule has 0 aliphatic carbocycles. The molecule has 6 heteroatoms. The fourth-order valence-corrected chi connectivity index (χ4v) is 3.81. The van der Waals surface area contributed by atoms with Crippen molar-refractivity contribution in [3.05, 3.63) is 21.9 Å². The molecule has 0 aromatic carbocycles. The van der Waals surface area contributed by atoms with Gasteiger partial charge in [-0.1, -0.05) is 0 Å². The van der Waals surface area contributed by atoms with Crippen molar-refractivity contribution in [3.63, 3.8) is 0 Å². The van der Waals surface area contributed by atoms with E-state index in [0.29, 0.717) is 24.4 Å². The van der Waals surface area contributed by atoms with Gasteiger partial charge < -0.3 is 4.90 Å². The number of thiophene rings is 1. The molecule has 1 amide bonds. The Bertz CT molecular complexity index is 533. The van der Waals surface area contributed by atoms with Crippen molar-refractivity contribution in [2.75, 3.05) is 19.3 Å². The Hall–Kier alpha value is -0.880. The van der Waals surface area contributed by atoms with Gasteiger partial charge in [0.2, 0.25) is 0 Å². The van der Waals surface area contributed by atoms with E-state index >= 15 is 0 Å². The van der Waals surface area contributed by atoms with E-state index in [2.05, 4.69) is 0 Å². The maximum absolute atomic E-state index is 12.1. The summed E-state index contributed by atoms with van der Waals surface area (Å²) in [6.45, 7) is 2.80. The Labute approximate surface area is 105 Å². The van der Waals surface area contributed by atoms with Crippen molar-refractivity contribution in [1.82, 2.24) is 4.90 Å². The van der Waals surface area contributed by atoms with Gasteiger partial charge in [-0.3, -0.25) is 4.79 Å². The Morgan fingerprint density at radius 3 is 2.71 bits per heavy atom. The fraction of sp³-hybridized carbons (Fsp3) is 0.545. The molecule has 1 aliphatic heterocycles. The zero-order valence-corrected chi connectivity index (χ0v) is 11.5. The Morgan fingerprint density at radius 1 is 1.53 bits per heavy atom. The van der Waals surface area contributed by atoms with Gasteiger partial charge in [-0.2, -0.15) is 0 Å². The van der Waals surface area contributed by atoms with Crippen LogP contribution in [-0.4, -0.2) is 43.8 Å². The van der Waals surface area contributed by atoms with Crippen LogP contribution in [0.15, 0.2) is 11.4 Å². The molecule has 0 N–H and O–H groups in total. The normalized spacial score (nSPS) is 20.8. The summed E-state index contributed by atoms with van der Waals surface area (Å²) < 4.78 is 22.8. The van der Waals surface area contributed by atoms with Crippen LogP contribution in [0.2, 0.25) is 0 Å². The molecule has 1 saturated heterocycles. The van der Waals surface area contributed by atoms with Crippen molar-refractivity contribution in [3.8, 4) is 0 Å². The predicted octanol–water partition coefficient (Wildman–Crippen LogP) is 1.32. The fourth-order valence-electron chi connectivity index (χ4n) is 1.96. The van der Waals surface area contributed by atoms with Crippen LogP contribution in [0.3, 0.4) is 0 Å². The molecule has 94 valence electrons. The van der Waals surface area contributed by atoms with Gasteiger partial charge in [-0.15, -0.1) is 11.3 Å². The molecule has 1 aromatic heterocycles. The van der Waals surface area contributed by atoms with Gasteiger partial charge in [0, 0.05) is 19.3 Å². The van der Waals surface area contributed by atoms with E-state index in [1.165, 1.54) is 17.6 Å². The number of likely N-dealkylation sites (tertiary alicyclic amines) is 1. The summed E-state index contributed by atoms with van der Waals surface area (Å²) in [6, 6.07) is 1.85. The first kappa shape index (κ1) is 12.6. The second-order valence-corrected chi connectivity index (χ2v) is 7.72. The van der Waals surface area contributed by atoms with E-state index in [0.717, 1.165) is 5.56 Å². The summed E-state index contributed by atoms with van der Waals surface area (Å²) in [5.74, 6) is -0.0470. The van der Waals surface area contributed by atoms with Gasteiger partial charge in [-0.25, -0.2) is 8.42 Å². The van der Waals surface area contributed by atoms with E-state index in [1.54, 1.807) is 4.90 Å². The molecule has 4 nitrogen and oxygen atoms in total. The Morgan fingerprint density at radius 2 is 2.24 bits per heavy atom. The molecular formula is C11H15NO3S2. The highest BCUT2D eigenvalue weighted by Crippen LogP contribution is 2.21. The zero-order valence-electron chi connectivity index (χ0n) is 9.84. The van der Waals surface area contributed by atoms with Gasteiger partial charge in [0.05, 0.1) is 10.1 Å². The molecule has 1 atom stereocenters. The topological polar surface area (TPSA) is 54.5 Å². The molecule has 0 saturated carbocycles. The molecule has 0 radical (unpaired) electrons. The van der Waals surface area contributed by atoms with Crippen LogP contribution in [-0.2, 0) is 9.84 Å². The van der Waals surface area contributed by atoms with Gasteiger partial charge >= 0.3 is 0 Å². The maximum Gasteiger partial charge on any atom is 0.263 e. The number of amides is 1. The quantitative estimate of drug-likeness (QED) is 0.816. The van der Waals surface area contributed by atoms with Crippen LogP contribution in [0, 0.1) is 6.92 Å². The third-order valence-electron chi connectivity index (χ3n) is 2.98. The number of hydrogen-bond acceptors (Lipinski definition) is 4. The highest BCUT2D eigenvalue weighted by atomic mass is 32.2. The third-order valence-corrected chi connectivity index (χ3v) is 5.61. The summed E-state index contributed by atoms with van der Waals surface area (Å²) in [5.41, 5.74) is 1.07. The van der Waals surface area contributed by atoms with Crippen molar-refractivity contribution < 1.29 is 13.2 Å². The lowest BCUT2D eigenvalue weighted by molar-refractivity contribution is 0.0798. The lowest BCUT2D eigenvalue weighted by atomic mass is 10.3.